The number of carbonyl (C=O) groups excluding carboxylic acids is 1. The summed E-state index contributed by atoms with van der Waals surface area (Å²) in [6.45, 7) is 0.260. The number of benzene rings is 2. The van der Waals surface area contributed by atoms with Gasteiger partial charge in [-0.25, -0.2) is 8.42 Å². The second kappa shape index (κ2) is 8.70. The van der Waals surface area contributed by atoms with Crippen molar-refractivity contribution < 1.29 is 23.1 Å². The van der Waals surface area contributed by atoms with Crippen LogP contribution in [0, 0.1) is 0 Å². The van der Waals surface area contributed by atoms with E-state index >= 15 is 0 Å². The number of hydrogen-bond acceptors (Lipinski definition) is 6. The molecule has 1 aliphatic rings. The summed E-state index contributed by atoms with van der Waals surface area (Å²) in [6, 6.07) is 14.2. The Morgan fingerprint density at radius 3 is 2.43 bits per heavy atom. The van der Waals surface area contributed by atoms with Crippen LogP contribution in [0.4, 0.5) is 5.69 Å². The molecule has 1 heterocycles. The lowest BCUT2D eigenvalue weighted by atomic mass is 9.99. The van der Waals surface area contributed by atoms with Crippen molar-refractivity contribution in [2.75, 3.05) is 31.0 Å². The van der Waals surface area contributed by atoms with Crippen LogP contribution in [-0.4, -0.2) is 56.7 Å². The third-order valence-electron chi connectivity index (χ3n) is 4.56. The van der Waals surface area contributed by atoms with Crippen molar-refractivity contribution in [1.29, 1.82) is 0 Å². The molecule has 0 radical (unpaired) electrons. The zero-order valence-electron chi connectivity index (χ0n) is 15.2. The van der Waals surface area contributed by atoms with E-state index in [-0.39, 0.29) is 30.6 Å². The van der Waals surface area contributed by atoms with E-state index in [1.165, 1.54) is 17.0 Å². The number of aliphatic hydroxyl groups is 1. The highest BCUT2D eigenvalue weighted by Gasteiger charge is 2.36. The third-order valence-corrected chi connectivity index (χ3v) is 5.96. The predicted molar refractivity (Wildman–Crippen MR) is 104 cm³/mol. The van der Waals surface area contributed by atoms with Gasteiger partial charge >= 0.3 is 0 Å². The van der Waals surface area contributed by atoms with Crippen molar-refractivity contribution in [1.82, 2.24) is 4.90 Å². The van der Waals surface area contributed by atoms with Gasteiger partial charge in [-0.2, -0.15) is 0 Å². The van der Waals surface area contributed by atoms with Gasteiger partial charge in [0.1, 0.15) is 12.7 Å². The monoisotopic (exact) mass is 405 g/mol. The quantitative estimate of drug-likeness (QED) is 0.624. The van der Waals surface area contributed by atoms with E-state index in [0.717, 1.165) is 5.56 Å². The molecule has 2 aromatic rings. The van der Waals surface area contributed by atoms with E-state index in [4.69, 9.17) is 10.5 Å². The SMILES string of the molecule is NCCN1C(=O)COC(c2ccc(NS(=O)(=O)c3ccccc3)cc2)C1CO. The Kier molecular flexibility index (Phi) is 6.30. The topological polar surface area (TPSA) is 122 Å². The van der Waals surface area contributed by atoms with Crippen LogP contribution >= 0.6 is 0 Å². The van der Waals surface area contributed by atoms with Gasteiger partial charge in [0, 0.05) is 18.8 Å². The first-order valence-corrected chi connectivity index (χ1v) is 10.3. The number of aliphatic hydroxyl groups excluding tert-OH is 1. The molecule has 8 nitrogen and oxygen atoms in total. The highest BCUT2D eigenvalue weighted by molar-refractivity contribution is 7.92. The van der Waals surface area contributed by atoms with Crippen LogP contribution in [0.3, 0.4) is 0 Å². The Hall–Kier alpha value is -2.46. The first-order chi connectivity index (χ1) is 13.5. The number of ether oxygens (including phenoxy) is 1. The Balaban J connectivity index is 1.77. The lowest BCUT2D eigenvalue weighted by Crippen LogP contribution is -2.54. The summed E-state index contributed by atoms with van der Waals surface area (Å²) in [5.41, 5.74) is 6.70. The Bertz CT molecular complexity index is 903. The molecule has 1 amide bonds. The van der Waals surface area contributed by atoms with Gasteiger partial charge in [0.15, 0.2) is 0 Å². The summed E-state index contributed by atoms with van der Waals surface area (Å²) >= 11 is 0. The van der Waals surface area contributed by atoms with E-state index in [1.54, 1.807) is 42.5 Å². The molecule has 1 fully saturated rings. The number of nitrogens with zero attached hydrogens (tertiary/aromatic N) is 1. The van der Waals surface area contributed by atoms with Crippen molar-refractivity contribution in [3.8, 4) is 0 Å². The molecule has 0 aromatic heterocycles. The summed E-state index contributed by atoms with van der Waals surface area (Å²) in [4.78, 5) is 13.7. The first-order valence-electron chi connectivity index (χ1n) is 8.86. The van der Waals surface area contributed by atoms with Crippen molar-refractivity contribution in [2.45, 2.75) is 17.0 Å². The minimum Gasteiger partial charge on any atom is -0.394 e. The Morgan fingerprint density at radius 2 is 1.82 bits per heavy atom. The van der Waals surface area contributed by atoms with Crippen molar-refractivity contribution in [2.24, 2.45) is 5.73 Å². The van der Waals surface area contributed by atoms with E-state index in [1.807, 2.05) is 0 Å². The maximum atomic E-state index is 12.4. The van der Waals surface area contributed by atoms with Gasteiger partial charge in [0.05, 0.1) is 17.5 Å². The molecule has 4 N–H and O–H groups in total. The van der Waals surface area contributed by atoms with Crippen molar-refractivity contribution in [3.05, 3.63) is 60.2 Å². The number of nitrogens with one attached hydrogen (secondary N) is 1. The molecule has 2 aromatic carbocycles. The normalized spacial score (nSPS) is 20.2. The zero-order chi connectivity index (χ0) is 20.1. The van der Waals surface area contributed by atoms with E-state index < -0.39 is 22.2 Å². The van der Waals surface area contributed by atoms with Crippen molar-refractivity contribution >= 4 is 21.6 Å². The molecule has 1 saturated heterocycles. The van der Waals surface area contributed by atoms with Crippen molar-refractivity contribution in [3.63, 3.8) is 0 Å². The highest BCUT2D eigenvalue weighted by atomic mass is 32.2. The summed E-state index contributed by atoms with van der Waals surface area (Å²) in [6.07, 6.45) is -0.519. The average molecular weight is 405 g/mol. The first kappa shape index (κ1) is 20.3. The maximum absolute atomic E-state index is 12.4. The zero-order valence-corrected chi connectivity index (χ0v) is 16.0. The lowest BCUT2D eigenvalue weighted by molar-refractivity contribution is -0.160. The molecule has 0 bridgehead atoms. The Labute approximate surface area is 164 Å². The number of rotatable bonds is 7. The minimum atomic E-state index is -3.68. The molecule has 1 aliphatic heterocycles. The smallest absolute Gasteiger partial charge is 0.261 e. The highest BCUT2D eigenvalue weighted by Crippen LogP contribution is 2.30. The molecular weight excluding hydrogens is 382 g/mol. The lowest BCUT2D eigenvalue weighted by Gasteiger charge is -2.40. The number of amides is 1. The fraction of sp³-hybridized carbons (Fsp3) is 0.316. The largest absolute Gasteiger partial charge is 0.394 e. The van der Waals surface area contributed by atoms with E-state index in [9.17, 15) is 18.3 Å². The van der Waals surface area contributed by atoms with Crippen LogP contribution in [0.15, 0.2) is 59.5 Å². The van der Waals surface area contributed by atoms with E-state index in [0.29, 0.717) is 12.2 Å². The molecule has 9 heteroatoms. The van der Waals surface area contributed by atoms with Gasteiger partial charge in [-0.05, 0) is 29.8 Å². The van der Waals surface area contributed by atoms with E-state index in [2.05, 4.69) is 4.72 Å². The van der Waals surface area contributed by atoms with Crippen LogP contribution in [0.2, 0.25) is 0 Å². The van der Waals surface area contributed by atoms with Gasteiger partial charge in [-0.1, -0.05) is 30.3 Å². The Morgan fingerprint density at radius 1 is 1.14 bits per heavy atom. The molecule has 0 aliphatic carbocycles. The summed E-state index contributed by atoms with van der Waals surface area (Å²) in [7, 11) is -3.68. The number of sulfonamides is 1. The molecule has 28 heavy (non-hydrogen) atoms. The summed E-state index contributed by atoms with van der Waals surface area (Å²) < 4.78 is 33.0. The van der Waals surface area contributed by atoms with Crippen LogP contribution in [0.25, 0.3) is 0 Å². The van der Waals surface area contributed by atoms with Crippen LogP contribution in [0.5, 0.6) is 0 Å². The predicted octanol–water partition coefficient (Wildman–Crippen LogP) is 0.707. The van der Waals surface area contributed by atoms with Crippen LogP contribution in [0.1, 0.15) is 11.7 Å². The number of morpholine rings is 1. The molecule has 3 rings (SSSR count). The number of nitrogens with two attached hydrogens (primary N) is 1. The second-order valence-corrected chi connectivity index (χ2v) is 8.08. The summed E-state index contributed by atoms with van der Waals surface area (Å²) in [5, 5.41) is 9.76. The molecule has 0 spiro atoms. The minimum absolute atomic E-state index is 0.0937. The molecular formula is C19H23N3O5S. The molecule has 150 valence electrons. The number of anilines is 1. The van der Waals surface area contributed by atoms with Crippen LogP contribution < -0.4 is 10.5 Å². The fourth-order valence-corrected chi connectivity index (χ4v) is 4.28. The third kappa shape index (κ3) is 4.33. The van der Waals surface area contributed by atoms with Crippen LogP contribution in [-0.2, 0) is 19.6 Å². The standard InChI is InChI=1S/C19H23N3O5S/c20-10-11-22-17(12-23)19(27-13-18(22)24)14-6-8-15(9-7-14)21-28(25,26)16-4-2-1-3-5-16/h1-9,17,19,21,23H,10-13,20H2. The van der Waals surface area contributed by atoms with Gasteiger partial charge in [-0.15, -0.1) is 0 Å². The fourth-order valence-electron chi connectivity index (χ4n) is 3.20. The average Bonchev–Trinajstić information content (AvgIpc) is 2.70. The maximum Gasteiger partial charge on any atom is 0.261 e. The molecule has 2 atom stereocenters. The van der Waals surface area contributed by atoms with Gasteiger partial charge in [0.2, 0.25) is 5.91 Å². The summed E-state index contributed by atoms with van der Waals surface area (Å²) in [5.74, 6) is -0.215. The second-order valence-electron chi connectivity index (χ2n) is 6.40. The molecule has 2 unspecified atom stereocenters. The van der Waals surface area contributed by atoms with Gasteiger partial charge in [-0.3, -0.25) is 9.52 Å². The molecule has 0 saturated carbocycles. The van der Waals surface area contributed by atoms with Gasteiger partial charge in [0.25, 0.3) is 10.0 Å². The van der Waals surface area contributed by atoms with Gasteiger partial charge < -0.3 is 20.5 Å². The number of hydrogen-bond donors (Lipinski definition) is 3. The number of carbonyl (C=O) groups is 1.